The maximum Gasteiger partial charge on any atom is 0.313 e. The predicted molar refractivity (Wildman–Crippen MR) is 62.5 cm³/mol. The minimum Gasteiger partial charge on any atom is -0.497 e. The van der Waals surface area contributed by atoms with Gasteiger partial charge in [0.1, 0.15) is 11.5 Å². The number of nitrogens with one attached hydrogen (secondary N) is 1. The van der Waals surface area contributed by atoms with E-state index in [0.29, 0.717) is 13.0 Å². The van der Waals surface area contributed by atoms with E-state index >= 15 is 0 Å². The van der Waals surface area contributed by atoms with Gasteiger partial charge in [-0.1, -0.05) is 0 Å². The number of ether oxygens (including phenoxy) is 2. The lowest BCUT2D eigenvalue weighted by Crippen LogP contribution is -2.19. The zero-order valence-electron chi connectivity index (χ0n) is 9.25. The molecule has 0 aliphatic carbocycles. The summed E-state index contributed by atoms with van der Waals surface area (Å²) in [7, 11) is 3.21. The molecule has 4 nitrogen and oxygen atoms in total. The molecule has 0 fully saturated rings. The maximum atomic E-state index is 10.5. The molecule has 0 spiro atoms. The van der Waals surface area contributed by atoms with E-state index in [9.17, 15) is 4.79 Å². The summed E-state index contributed by atoms with van der Waals surface area (Å²) in [6, 6.07) is 5.53. The van der Waals surface area contributed by atoms with Gasteiger partial charge in [0.05, 0.1) is 14.2 Å². The minimum absolute atomic E-state index is 0.464. The summed E-state index contributed by atoms with van der Waals surface area (Å²) in [5, 5.41) is 1.96. The molecule has 0 aliphatic rings. The van der Waals surface area contributed by atoms with Crippen LogP contribution in [-0.4, -0.2) is 26.1 Å². The molecule has 88 valence electrons. The summed E-state index contributed by atoms with van der Waals surface area (Å²) < 4.78 is 10.3. The Bertz CT molecular complexity index is 368. The average molecular weight is 244 g/mol. The van der Waals surface area contributed by atoms with Crippen LogP contribution in [0.3, 0.4) is 0 Å². The van der Waals surface area contributed by atoms with Crippen molar-refractivity contribution >= 4 is 17.0 Å². The SMILES string of the molecule is COc1ccc(OC)c(CCNC(=O)Cl)c1. The second-order valence-corrected chi connectivity index (χ2v) is 3.47. The van der Waals surface area contributed by atoms with E-state index in [2.05, 4.69) is 5.32 Å². The third-order valence-electron chi connectivity index (χ3n) is 2.15. The van der Waals surface area contributed by atoms with E-state index in [1.165, 1.54) is 0 Å². The van der Waals surface area contributed by atoms with Crippen LogP contribution in [-0.2, 0) is 6.42 Å². The Morgan fingerprint density at radius 2 is 2.12 bits per heavy atom. The lowest BCUT2D eigenvalue weighted by molar-refractivity contribution is 0.260. The van der Waals surface area contributed by atoms with Crippen LogP contribution in [0.4, 0.5) is 4.79 Å². The fourth-order valence-corrected chi connectivity index (χ4v) is 1.47. The topological polar surface area (TPSA) is 47.6 Å². The van der Waals surface area contributed by atoms with Gasteiger partial charge in [-0.05, 0) is 41.8 Å². The smallest absolute Gasteiger partial charge is 0.313 e. The molecule has 0 heterocycles. The monoisotopic (exact) mass is 243 g/mol. The molecule has 1 N–H and O–H groups in total. The molecule has 0 atom stereocenters. The molecule has 5 heteroatoms. The number of halogens is 1. The van der Waals surface area contributed by atoms with E-state index in [4.69, 9.17) is 21.1 Å². The first-order chi connectivity index (χ1) is 7.67. The molecule has 0 aromatic heterocycles. The fraction of sp³-hybridized carbons (Fsp3) is 0.364. The summed E-state index contributed by atoms with van der Waals surface area (Å²) in [6.07, 6.45) is 0.638. The van der Waals surface area contributed by atoms with Crippen LogP contribution in [0.1, 0.15) is 5.56 Å². The van der Waals surface area contributed by atoms with Gasteiger partial charge in [-0.25, -0.2) is 0 Å². The highest BCUT2D eigenvalue weighted by Gasteiger charge is 2.05. The van der Waals surface area contributed by atoms with Gasteiger partial charge in [0, 0.05) is 6.54 Å². The number of hydrogen-bond donors (Lipinski definition) is 1. The summed E-state index contributed by atoms with van der Waals surface area (Å²) in [6.45, 7) is 0.464. The summed E-state index contributed by atoms with van der Waals surface area (Å²) >= 11 is 5.17. The van der Waals surface area contributed by atoms with Gasteiger partial charge in [-0.3, -0.25) is 4.79 Å². The van der Waals surface area contributed by atoms with Crippen molar-refractivity contribution in [3.8, 4) is 11.5 Å². The highest BCUT2D eigenvalue weighted by Crippen LogP contribution is 2.23. The molecule has 1 aromatic rings. The Balaban J connectivity index is 2.71. The van der Waals surface area contributed by atoms with Crippen molar-refractivity contribution in [2.45, 2.75) is 6.42 Å². The first kappa shape index (κ1) is 12.6. The zero-order valence-corrected chi connectivity index (χ0v) is 10.0. The first-order valence-corrected chi connectivity index (χ1v) is 5.19. The Hall–Kier alpha value is -1.42. The van der Waals surface area contributed by atoms with E-state index in [1.807, 2.05) is 18.2 Å². The average Bonchev–Trinajstić information content (AvgIpc) is 2.28. The molecule has 1 rings (SSSR count). The first-order valence-electron chi connectivity index (χ1n) is 4.81. The Labute approximate surface area is 99.5 Å². The third-order valence-corrected chi connectivity index (χ3v) is 2.28. The second-order valence-electron chi connectivity index (χ2n) is 3.13. The molecule has 1 aromatic carbocycles. The lowest BCUT2D eigenvalue weighted by Gasteiger charge is -2.10. The molecule has 16 heavy (non-hydrogen) atoms. The van der Waals surface area contributed by atoms with Crippen molar-refractivity contribution in [1.82, 2.24) is 5.32 Å². The lowest BCUT2D eigenvalue weighted by atomic mass is 10.1. The Morgan fingerprint density at radius 1 is 1.38 bits per heavy atom. The number of rotatable bonds is 5. The van der Waals surface area contributed by atoms with E-state index in [1.54, 1.807) is 14.2 Å². The molecule has 0 saturated heterocycles. The van der Waals surface area contributed by atoms with Gasteiger partial charge in [-0.2, -0.15) is 0 Å². The van der Waals surface area contributed by atoms with Crippen LogP contribution >= 0.6 is 11.6 Å². The number of methoxy groups -OCH3 is 2. The van der Waals surface area contributed by atoms with Gasteiger partial charge >= 0.3 is 5.37 Å². The van der Waals surface area contributed by atoms with Crippen molar-refractivity contribution in [3.05, 3.63) is 23.8 Å². The van der Waals surface area contributed by atoms with Crippen molar-refractivity contribution in [1.29, 1.82) is 0 Å². The molecule has 0 bridgehead atoms. The van der Waals surface area contributed by atoms with Crippen molar-refractivity contribution in [2.24, 2.45) is 0 Å². The van der Waals surface area contributed by atoms with Crippen LogP contribution in [0.5, 0.6) is 11.5 Å². The van der Waals surface area contributed by atoms with E-state index in [0.717, 1.165) is 17.1 Å². The molecule has 0 radical (unpaired) electrons. The van der Waals surface area contributed by atoms with E-state index < -0.39 is 5.37 Å². The van der Waals surface area contributed by atoms with Crippen LogP contribution in [0, 0.1) is 0 Å². The summed E-state index contributed by atoms with van der Waals surface area (Å²) in [5.74, 6) is 1.53. The predicted octanol–water partition coefficient (Wildman–Crippen LogP) is 2.19. The normalized spacial score (nSPS) is 9.69. The number of hydrogen-bond acceptors (Lipinski definition) is 3. The van der Waals surface area contributed by atoms with Gasteiger partial charge < -0.3 is 14.8 Å². The molecule has 0 unspecified atom stereocenters. The Kier molecular flexibility index (Phi) is 4.92. The molecule has 0 saturated carbocycles. The summed E-state index contributed by atoms with van der Waals surface area (Å²) in [4.78, 5) is 10.5. The van der Waals surface area contributed by atoms with Crippen molar-refractivity contribution < 1.29 is 14.3 Å². The Morgan fingerprint density at radius 3 is 2.69 bits per heavy atom. The zero-order chi connectivity index (χ0) is 12.0. The molecular weight excluding hydrogens is 230 g/mol. The van der Waals surface area contributed by atoms with Crippen LogP contribution in [0.25, 0.3) is 0 Å². The number of amides is 1. The highest BCUT2D eigenvalue weighted by atomic mass is 35.5. The van der Waals surface area contributed by atoms with Crippen LogP contribution < -0.4 is 14.8 Å². The summed E-state index contributed by atoms with van der Waals surface area (Å²) in [5.41, 5.74) is 0.965. The molecular formula is C11H14ClNO3. The van der Waals surface area contributed by atoms with Gasteiger partial charge in [-0.15, -0.1) is 0 Å². The minimum atomic E-state index is -0.554. The molecule has 1 amide bonds. The van der Waals surface area contributed by atoms with Crippen LogP contribution in [0.15, 0.2) is 18.2 Å². The third kappa shape index (κ3) is 3.62. The van der Waals surface area contributed by atoms with E-state index in [-0.39, 0.29) is 0 Å². The number of carbonyl (C=O) groups is 1. The fourth-order valence-electron chi connectivity index (χ4n) is 1.37. The number of carbonyl (C=O) groups excluding carboxylic acids is 1. The second kappa shape index (κ2) is 6.23. The van der Waals surface area contributed by atoms with Gasteiger partial charge in [0.2, 0.25) is 0 Å². The van der Waals surface area contributed by atoms with Crippen molar-refractivity contribution in [2.75, 3.05) is 20.8 Å². The quantitative estimate of drug-likeness (QED) is 0.637. The van der Waals surface area contributed by atoms with Gasteiger partial charge in [0.15, 0.2) is 0 Å². The largest absolute Gasteiger partial charge is 0.497 e. The maximum absolute atomic E-state index is 10.5. The highest BCUT2D eigenvalue weighted by molar-refractivity contribution is 6.62. The van der Waals surface area contributed by atoms with Crippen molar-refractivity contribution in [3.63, 3.8) is 0 Å². The van der Waals surface area contributed by atoms with Crippen LogP contribution in [0.2, 0.25) is 0 Å². The van der Waals surface area contributed by atoms with Gasteiger partial charge in [0.25, 0.3) is 0 Å². The number of benzene rings is 1. The molecule has 0 aliphatic heterocycles. The standard InChI is InChI=1S/C11H14ClNO3/c1-15-9-3-4-10(16-2)8(7-9)5-6-13-11(12)14/h3-4,7H,5-6H2,1-2H3,(H,13,14).